The van der Waals surface area contributed by atoms with E-state index in [0.29, 0.717) is 17.2 Å². The molecular weight excluding hydrogens is 426 g/mol. The molecule has 6 nitrogen and oxygen atoms in total. The molecule has 3 rings (SSSR count). The Morgan fingerprint density at radius 3 is 2.47 bits per heavy atom. The fourth-order valence-corrected chi connectivity index (χ4v) is 5.27. The number of para-hydroxylation sites is 2. The summed E-state index contributed by atoms with van der Waals surface area (Å²) >= 11 is 1.31. The van der Waals surface area contributed by atoms with Crippen LogP contribution >= 0.6 is 11.8 Å². The number of aliphatic carboxylic acids is 1. The molecule has 8 heteroatoms. The van der Waals surface area contributed by atoms with Crippen LogP contribution in [0.1, 0.15) is 36.6 Å². The van der Waals surface area contributed by atoms with Crippen molar-refractivity contribution in [2.45, 2.75) is 30.8 Å². The number of thioether (sulfide) groups is 1. The van der Waals surface area contributed by atoms with Gasteiger partial charge in [-0.3, -0.25) is 4.79 Å². The number of benzene rings is 2. The van der Waals surface area contributed by atoms with Crippen molar-refractivity contribution in [1.29, 1.82) is 0 Å². The fraction of sp³-hybridized carbons (Fsp3) is 0.364. The zero-order valence-corrected chi connectivity index (χ0v) is 18.7. The van der Waals surface area contributed by atoms with Gasteiger partial charge < -0.3 is 27.4 Å². The Balaban J connectivity index is 0.00000320. The van der Waals surface area contributed by atoms with Crippen molar-refractivity contribution in [1.82, 2.24) is 0 Å². The van der Waals surface area contributed by atoms with Crippen LogP contribution in [0.2, 0.25) is 0 Å². The van der Waals surface area contributed by atoms with E-state index in [1.54, 1.807) is 12.1 Å². The van der Waals surface area contributed by atoms with Crippen LogP contribution in [0.25, 0.3) is 0 Å². The quantitative estimate of drug-likeness (QED) is 0.563. The van der Waals surface area contributed by atoms with Crippen molar-refractivity contribution in [3.05, 3.63) is 53.6 Å². The molecule has 1 aliphatic heterocycles. The Morgan fingerprint density at radius 1 is 1.17 bits per heavy atom. The second kappa shape index (κ2) is 10.2. The lowest BCUT2D eigenvalue weighted by Gasteiger charge is -2.21. The Kier molecular flexibility index (Phi) is 8.18. The zero-order valence-electron chi connectivity index (χ0n) is 17.1. The number of carboxylic acids is 1. The second-order valence-electron chi connectivity index (χ2n) is 7.53. The molecule has 2 aromatic rings. The van der Waals surface area contributed by atoms with Crippen LogP contribution in [0.15, 0.2) is 42.5 Å². The van der Waals surface area contributed by atoms with Gasteiger partial charge in [0.05, 0.1) is 25.3 Å². The van der Waals surface area contributed by atoms with Gasteiger partial charge in [0.1, 0.15) is 10.9 Å². The fourth-order valence-electron chi connectivity index (χ4n) is 3.76. The molecule has 2 aromatic carbocycles. The standard InChI is InChI=1S/C22H25NO5S.ClH/c1-13(2)12-23-16-9-5-4-7-14(16)21(29-18(22(23)27)11-19(25)26)15-8-6-10-17(24)20(15)28-3;/h4-10,13,18,21,24H,11-12H2,1-3H3,(H,25,26);1H/t18-,21+;/m1./s1. The predicted octanol–water partition coefficient (Wildman–Crippen LogP) is -0.217. The third kappa shape index (κ3) is 4.91. The average molecular weight is 452 g/mol. The van der Waals surface area contributed by atoms with E-state index < -0.39 is 11.2 Å². The highest BCUT2D eigenvalue weighted by atomic mass is 35.5. The van der Waals surface area contributed by atoms with Crippen molar-refractivity contribution < 1.29 is 41.8 Å². The van der Waals surface area contributed by atoms with Crippen molar-refractivity contribution in [2.24, 2.45) is 5.92 Å². The molecular formula is C22H26ClNO5S. The summed E-state index contributed by atoms with van der Waals surface area (Å²) in [5.74, 6) is -0.523. The number of methoxy groups -OCH3 is 1. The maximum absolute atomic E-state index is 13.4. The smallest absolute Gasteiger partial charge is 0.330 e. The third-order valence-electron chi connectivity index (χ3n) is 4.94. The second-order valence-corrected chi connectivity index (χ2v) is 8.84. The highest BCUT2D eigenvalue weighted by Crippen LogP contribution is 2.48. The van der Waals surface area contributed by atoms with Gasteiger partial charge in [-0.25, -0.2) is 9.69 Å². The van der Waals surface area contributed by atoms with Crippen LogP contribution in [0.5, 0.6) is 11.5 Å². The minimum Gasteiger partial charge on any atom is -1.00 e. The third-order valence-corrected chi connectivity index (χ3v) is 6.43. The van der Waals surface area contributed by atoms with E-state index in [9.17, 15) is 19.8 Å². The van der Waals surface area contributed by atoms with Crippen LogP contribution < -0.4 is 22.0 Å². The van der Waals surface area contributed by atoms with E-state index in [4.69, 9.17) is 4.74 Å². The van der Waals surface area contributed by atoms with Crippen LogP contribution in [-0.2, 0) is 9.59 Å². The van der Waals surface area contributed by atoms with Gasteiger partial charge in [-0.2, -0.15) is 0 Å². The van der Waals surface area contributed by atoms with Crippen molar-refractivity contribution in [3.63, 3.8) is 0 Å². The number of nitrogens with one attached hydrogen (secondary N) is 1. The van der Waals surface area contributed by atoms with Gasteiger partial charge in [0.15, 0.2) is 11.5 Å². The number of carboxylic acid groups (broad SMARTS) is 1. The molecule has 0 spiro atoms. The van der Waals surface area contributed by atoms with E-state index in [1.807, 2.05) is 44.2 Å². The number of rotatable bonds is 6. The first-order valence-electron chi connectivity index (χ1n) is 9.55. The van der Waals surface area contributed by atoms with E-state index in [1.165, 1.54) is 18.9 Å². The number of halogens is 1. The normalized spacial score (nSPS) is 20.8. The Bertz CT molecular complexity index is 920. The zero-order chi connectivity index (χ0) is 21.1. The molecule has 0 saturated carbocycles. The minimum atomic E-state index is -1.01. The summed E-state index contributed by atoms with van der Waals surface area (Å²) in [6.07, 6.45) is -0.253. The maximum atomic E-state index is 13.4. The molecule has 3 atom stereocenters. The topological polar surface area (TPSA) is 88.3 Å². The molecule has 0 fully saturated rings. The van der Waals surface area contributed by atoms with E-state index in [0.717, 1.165) is 16.8 Å². The molecule has 162 valence electrons. The molecule has 30 heavy (non-hydrogen) atoms. The van der Waals surface area contributed by atoms with Gasteiger partial charge in [0, 0.05) is 17.0 Å². The van der Waals surface area contributed by atoms with Crippen LogP contribution in [-0.4, -0.2) is 41.0 Å². The molecule has 0 saturated heterocycles. The van der Waals surface area contributed by atoms with Gasteiger partial charge in [0.25, 0.3) is 0 Å². The number of carbonyl (C=O) groups excluding carboxylic acids is 1. The number of fused-ring (bicyclic) bond motifs is 1. The summed E-state index contributed by atoms with van der Waals surface area (Å²) in [5.41, 5.74) is 2.50. The first-order valence-corrected chi connectivity index (χ1v) is 10.5. The van der Waals surface area contributed by atoms with Crippen molar-refractivity contribution in [2.75, 3.05) is 13.7 Å². The van der Waals surface area contributed by atoms with Gasteiger partial charge in [-0.15, -0.1) is 11.8 Å². The largest absolute Gasteiger partial charge is 1.00 e. The van der Waals surface area contributed by atoms with Crippen LogP contribution in [0, 0.1) is 5.92 Å². The summed E-state index contributed by atoms with van der Waals surface area (Å²) in [6.45, 7) is 4.67. The summed E-state index contributed by atoms with van der Waals surface area (Å²) in [4.78, 5) is 25.6. The Hall–Kier alpha value is -2.22. The predicted molar refractivity (Wildman–Crippen MR) is 112 cm³/mol. The molecule has 0 bridgehead atoms. The molecule has 1 aliphatic rings. The highest BCUT2D eigenvalue weighted by molar-refractivity contribution is 8.01. The lowest BCUT2D eigenvalue weighted by Crippen LogP contribution is -3.11. The molecule has 0 aliphatic carbocycles. The Labute approximate surface area is 186 Å². The van der Waals surface area contributed by atoms with Gasteiger partial charge >= 0.3 is 11.9 Å². The van der Waals surface area contributed by atoms with Gasteiger partial charge in [-0.05, 0) is 12.1 Å². The molecule has 3 N–H and O–H groups in total. The summed E-state index contributed by atoms with van der Waals surface area (Å²) in [7, 11) is 1.49. The van der Waals surface area contributed by atoms with Crippen LogP contribution in [0.4, 0.5) is 5.69 Å². The Morgan fingerprint density at radius 2 is 1.83 bits per heavy atom. The summed E-state index contributed by atoms with van der Waals surface area (Å²) in [6, 6.07) is 12.8. The highest BCUT2D eigenvalue weighted by Gasteiger charge is 2.42. The number of quaternary nitrogens is 1. The van der Waals surface area contributed by atoms with E-state index in [-0.39, 0.29) is 41.7 Å². The van der Waals surface area contributed by atoms with Crippen LogP contribution in [0.3, 0.4) is 0 Å². The number of amides is 1. The lowest BCUT2D eigenvalue weighted by molar-refractivity contribution is -0.753. The number of aromatic hydroxyl groups is 1. The summed E-state index contributed by atoms with van der Waals surface area (Å²) < 4.78 is 5.45. The first-order chi connectivity index (χ1) is 13.8. The molecule has 0 radical (unpaired) electrons. The number of ether oxygens (including phenoxy) is 1. The summed E-state index contributed by atoms with van der Waals surface area (Å²) in [5, 5.41) is 18.6. The molecule has 0 aromatic heterocycles. The maximum Gasteiger partial charge on any atom is 0.330 e. The average Bonchev–Trinajstić information content (AvgIpc) is 2.78. The lowest BCUT2D eigenvalue weighted by atomic mass is 10.00. The molecule has 1 amide bonds. The van der Waals surface area contributed by atoms with Crippen molar-refractivity contribution >= 4 is 29.3 Å². The first kappa shape index (κ1) is 24.1. The minimum absolute atomic E-state index is 0. The number of phenols is 1. The van der Waals surface area contributed by atoms with Gasteiger partial charge in [-0.1, -0.05) is 44.2 Å². The van der Waals surface area contributed by atoms with E-state index in [2.05, 4.69) is 0 Å². The molecule has 1 unspecified atom stereocenters. The SMILES string of the molecule is COc1c(O)cccc1[C@H]1S[C@H](CC(=O)O)C(=O)[NH+](CC(C)C)c2ccccc21.[Cl-]. The number of hydrogen-bond donors (Lipinski definition) is 3. The van der Waals surface area contributed by atoms with Crippen molar-refractivity contribution in [3.8, 4) is 11.5 Å². The number of hydrogen-bond acceptors (Lipinski definition) is 5. The monoisotopic (exact) mass is 451 g/mol. The van der Waals surface area contributed by atoms with Gasteiger partial charge in [0.2, 0.25) is 0 Å². The van der Waals surface area contributed by atoms with E-state index >= 15 is 0 Å². The number of phenolic OH excluding ortho intramolecular Hbond substituents is 1. The number of carbonyl (C=O) groups is 2. The molecule has 1 heterocycles.